The number of ether oxygens (including phenoxy) is 2. The lowest BCUT2D eigenvalue weighted by Gasteiger charge is -2.29. The third-order valence-electron chi connectivity index (χ3n) is 4.09. The maximum Gasteiger partial charge on any atom is 0.410 e. The summed E-state index contributed by atoms with van der Waals surface area (Å²) in [5.41, 5.74) is 2.95. The molecule has 1 saturated heterocycles. The molecule has 1 atom stereocenters. The predicted molar refractivity (Wildman–Crippen MR) is 84.9 cm³/mol. The Morgan fingerprint density at radius 2 is 2.14 bits per heavy atom. The first-order valence-corrected chi connectivity index (χ1v) is 8.11. The summed E-state index contributed by atoms with van der Waals surface area (Å²) in [7, 11) is 0. The van der Waals surface area contributed by atoms with Crippen LogP contribution < -0.4 is 0 Å². The van der Waals surface area contributed by atoms with Crippen LogP contribution in [0.3, 0.4) is 0 Å². The normalized spacial score (nSPS) is 21.1. The monoisotopic (exact) mass is 323 g/mol. The zero-order chi connectivity index (χ0) is 15.9. The van der Waals surface area contributed by atoms with Crippen LogP contribution >= 0.6 is 11.6 Å². The van der Waals surface area contributed by atoms with Crippen molar-refractivity contribution in [1.29, 1.82) is 0 Å². The second-order valence-electron chi connectivity index (χ2n) is 6.96. The number of rotatable bonds is 1. The van der Waals surface area contributed by atoms with Crippen LogP contribution in [-0.2, 0) is 22.7 Å². The Labute approximate surface area is 136 Å². The zero-order valence-corrected chi connectivity index (χ0v) is 14.1. The fraction of sp³-hybridized carbons (Fsp3) is 0.588. The van der Waals surface area contributed by atoms with E-state index in [1.807, 2.05) is 37.8 Å². The lowest BCUT2D eigenvalue weighted by Crippen LogP contribution is -2.36. The van der Waals surface area contributed by atoms with Crippen LogP contribution in [0, 0.1) is 0 Å². The molecule has 2 aliphatic heterocycles. The fourth-order valence-electron chi connectivity index (χ4n) is 3.21. The first kappa shape index (κ1) is 15.6. The molecule has 0 aliphatic carbocycles. The Balaban J connectivity index is 1.90. The van der Waals surface area contributed by atoms with Gasteiger partial charge in [-0.1, -0.05) is 11.6 Å². The Morgan fingerprint density at radius 1 is 1.36 bits per heavy atom. The molecule has 0 aromatic heterocycles. The van der Waals surface area contributed by atoms with E-state index < -0.39 is 5.60 Å². The van der Waals surface area contributed by atoms with Crippen molar-refractivity contribution in [3.05, 3.63) is 33.8 Å². The maximum absolute atomic E-state index is 12.5. The second kappa shape index (κ2) is 5.74. The first-order chi connectivity index (χ1) is 10.3. The summed E-state index contributed by atoms with van der Waals surface area (Å²) in [5.74, 6) is 0. The molecular formula is C17H22ClNO3. The number of likely N-dealkylation sites (tertiary alicyclic amines) is 1. The number of hydrogen-bond acceptors (Lipinski definition) is 3. The van der Waals surface area contributed by atoms with Gasteiger partial charge >= 0.3 is 6.09 Å². The number of carbonyl (C=O) groups is 1. The summed E-state index contributed by atoms with van der Waals surface area (Å²) in [6.07, 6.45) is 1.67. The van der Waals surface area contributed by atoms with E-state index in [2.05, 4.69) is 0 Å². The molecule has 3 rings (SSSR count). The van der Waals surface area contributed by atoms with Gasteiger partial charge in [0.05, 0.1) is 19.3 Å². The Hall–Kier alpha value is -1.26. The highest BCUT2D eigenvalue weighted by Crippen LogP contribution is 2.39. The molecule has 0 radical (unpaired) electrons. The van der Waals surface area contributed by atoms with Crippen molar-refractivity contribution in [2.24, 2.45) is 0 Å². The van der Waals surface area contributed by atoms with E-state index in [1.54, 1.807) is 0 Å². The van der Waals surface area contributed by atoms with Crippen LogP contribution in [0.1, 0.15) is 56.3 Å². The van der Waals surface area contributed by atoms with Crippen LogP contribution in [0.4, 0.5) is 4.79 Å². The summed E-state index contributed by atoms with van der Waals surface area (Å²) < 4.78 is 11.1. The molecule has 0 unspecified atom stereocenters. The smallest absolute Gasteiger partial charge is 0.410 e. The van der Waals surface area contributed by atoms with E-state index in [-0.39, 0.29) is 12.1 Å². The summed E-state index contributed by atoms with van der Waals surface area (Å²) in [5, 5.41) is 0.704. The van der Waals surface area contributed by atoms with Gasteiger partial charge in [0.15, 0.2) is 0 Å². The molecule has 0 saturated carbocycles. The Kier molecular flexibility index (Phi) is 4.08. The molecule has 120 valence electrons. The molecule has 2 aliphatic rings. The molecule has 22 heavy (non-hydrogen) atoms. The van der Waals surface area contributed by atoms with Crippen molar-refractivity contribution >= 4 is 17.7 Å². The van der Waals surface area contributed by atoms with Crippen molar-refractivity contribution in [2.45, 2.75) is 58.5 Å². The highest BCUT2D eigenvalue weighted by molar-refractivity contribution is 6.30. The van der Waals surface area contributed by atoms with Gasteiger partial charge in [-0.25, -0.2) is 4.79 Å². The topological polar surface area (TPSA) is 38.8 Å². The number of benzene rings is 1. The minimum absolute atomic E-state index is 0.0315. The summed E-state index contributed by atoms with van der Waals surface area (Å²) in [6, 6.07) is 3.96. The van der Waals surface area contributed by atoms with E-state index >= 15 is 0 Å². The second-order valence-corrected chi connectivity index (χ2v) is 7.39. The van der Waals surface area contributed by atoms with Gasteiger partial charge in [0, 0.05) is 11.6 Å². The van der Waals surface area contributed by atoms with Crippen LogP contribution in [0.15, 0.2) is 12.1 Å². The predicted octanol–water partition coefficient (Wildman–Crippen LogP) is 4.44. The molecule has 1 fully saturated rings. The molecule has 4 nitrogen and oxygen atoms in total. The maximum atomic E-state index is 12.5. The van der Waals surface area contributed by atoms with Gasteiger partial charge in [0.25, 0.3) is 0 Å². The quantitative estimate of drug-likeness (QED) is 0.766. The summed E-state index contributed by atoms with van der Waals surface area (Å²) >= 11 is 6.25. The Bertz CT molecular complexity index is 594. The van der Waals surface area contributed by atoms with Gasteiger partial charge in [-0.05, 0) is 62.4 Å². The van der Waals surface area contributed by atoms with E-state index in [4.69, 9.17) is 21.1 Å². The standard InChI is InChI=1S/C17H22ClNO3/c1-17(2,3)22-16(20)19-6-4-5-15(19)13-8-12(18)7-11-9-21-10-14(11)13/h7-8,15H,4-6,9-10H2,1-3H3/t15-/m0/s1. The summed E-state index contributed by atoms with van der Waals surface area (Å²) in [6.45, 7) is 7.59. The Morgan fingerprint density at radius 3 is 2.86 bits per heavy atom. The number of amides is 1. The lowest BCUT2D eigenvalue weighted by molar-refractivity contribution is 0.0223. The van der Waals surface area contributed by atoms with Gasteiger partial charge in [-0.2, -0.15) is 0 Å². The number of fused-ring (bicyclic) bond motifs is 1. The van der Waals surface area contributed by atoms with Gasteiger partial charge < -0.3 is 14.4 Å². The van der Waals surface area contributed by atoms with Crippen molar-refractivity contribution in [2.75, 3.05) is 6.54 Å². The minimum Gasteiger partial charge on any atom is -0.444 e. The molecule has 1 amide bonds. The van der Waals surface area contributed by atoms with Gasteiger partial charge in [-0.3, -0.25) is 0 Å². The number of carbonyl (C=O) groups excluding carboxylic acids is 1. The van der Waals surface area contributed by atoms with Gasteiger partial charge in [-0.15, -0.1) is 0 Å². The van der Waals surface area contributed by atoms with E-state index in [0.29, 0.717) is 18.2 Å². The molecule has 5 heteroatoms. The molecule has 0 spiro atoms. The van der Waals surface area contributed by atoms with Crippen LogP contribution in [0.25, 0.3) is 0 Å². The van der Waals surface area contributed by atoms with Crippen molar-refractivity contribution in [3.63, 3.8) is 0 Å². The van der Waals surface area contributed by atoms with Crippen molar-refractivity contribution in [3.8, 4) is 0 Å². The molecule has 1 aromatic rings. The van der Waals surface area contributed by atoms with Gasteiger partial charge in [0.2, 0.25) is 0 Å². The number of nitrogens with zero attached hydrogens (tertiary/aromatic N) is 1. The molecule has 1 aromatic carbocycles. The highest BCUT2D eigenvalue weighted by atomic mass is 35.5. The average molecular weight is 324 g/mol. The average Bonchev–Trinajstić information content (AvgIpc) is 3.03. The first-order valence-electron chi connectivity index (χ1n) is 7.74. The molecule has 0 N–H and O–H groups in total. The largest absolute Gasteiger partial charge is 0.444 e. The molecule has 0 bridgehead atoms. The lowest BCUT2D eigenvalue weighted by atomic mass is 9.96. The number of halogens is 1. The van der Waals surface area contributed by atoms with Crippen LogP contribution in [0.5, 0.6) is 0 Å². The van der Waals surface area contributed by atoms with Crippen LogP contribution in [-0.4, -0.2) is 23.1 Å². The number of hydrogen-bond donors (Lipinski definition) is 0. The van der Waals surface area contributed by atoms with E-state index in [9.17, 15) is 4.79 Å². The highest BCUT2D eigenvalue weighted by Gasteiger charge is 2.35. The van der Waals surface area contributed by atoms with Crippen molar-refractivity contribution < 1.29 is 14.3 Å². The third-order valence-corrected chi connectivity index (χ3v) is 4.30. The van der Waals surface area contributed by atoms with Crippen LogP contribution in [0.2, 0.25) is 5.02 Å². The van der Waals surface area contributed by atoms with Crippen molar-refractivity contribution in [1.82, 2.24) is 4.90 Å². The SMILES string of the molecule is CC(C)(C)OC(=O)N1CCC[C@H]1c1cc(Cl)cc2c1COC2. The zero-order valence-electron chi connectivity index (χ0n) is 13.3. The third kappa shape index (κ3) is 3.08. The van der Waals surface area contributed by atoms with E-state index in [1.165, 1.54) is 5.56 Å². The minimum atomic E-state index is -0.483. The fourth-order valence-corrected chi connectivity index (χ4v) is 3.46. The van der Waals surface area contributed by atoms with E-state index in [0.717, 1.165) is 30.5 Å². The summed E-state index contributed by atoms with van der Waals surface area (Å²) in [4.78, 5) is 14.3. The molecule has 2 heterocycles. The van der Waals surface area contributed by atoms with Gasteiger partial charge in [0.1, 0.15) is 5.60 Å². The molecular weight excluding hydrogens is 302 g/mol.